The summed E-state index contributed by atoms with van der Waals surface area (Å²) < 4.78 is 0. The van der Waals surface area contributed by atoms with Crippen molar-refractivity contribution in [1.82, 2.24) is 0 Å². The van der Waals surface area contributed by atoms with Gasteiger partial charge in [0.15, 0.2) is 0 Å². The number of para-hydroxylation sites is 1. The highest BCUT2D eigenvalue weighted by atomic mass is 15.5. The van der Waals surface area contributed by atoms with Gasteiger partial charge in [-0.25, -0.2) is 0 Å². The second kappa shape index (κ2) is 7.03. The molecule has 1 aliphatic carbocycles. The summed E-state index contributed by atoms with van der Waals surface area (Å²) >= 11 is 0. The van der Waals surface area contributed by atoms with E-state index < -0.39 is 0 Å². The molecule has 134 valence electrons. The van der Waals surface area contributed by atoms with Crippen molar-refractivity contribution in [1.29, 1.82) is 0 Å². The third-order valence-corrected chi connectivity index (χ3v) is 5.80. The van der Waals surface area contributed by atoms with E-state index in [1.54, 1.807) is 0 Å². The van der Waals surface area contributed by atoms with Gasteiger partial charge >= 0.3 is 0 Å². The molecule has 1 unspecified atom stereocenters. The van der Waals surface area contributed by atoms with E-state index in [1.165, 1.54) is 53.6 Å². The molecule has 0 saturated carbocycles. The number of hydrogen-bond donors (Lipinski definition) is 0. The van der Waals surface area contributed by atoms with E-state index in [2.05, 4.69) is 83.9 Å². The summed E-state index contributed by atoms with van der Waals surface area (Å²) in [6, 6.07) is 28.5. The van der Waals surface area contributed by atoms with Crippen LogP contribution in [-0.4, -0.2) is 5.71 Å². The Labute approximate surface area is 161 Å². The minimum Gasteiger partial charge on any atom is -0.257 e. The Morgan fingerprint density at radius 2 is 1.44 bits per heavy atom. The summed E-state index contributed by atoms with van der Waals surface area (Å²) in [5.74, 6) is 0. The number of nitrogens with zero attached hydrogens (tertiary/aromatic N) is 2. The molecule has 2 heteroatoms. The van der Waals surface area contributed by atoms with Crippen molar-refractivity contribution in [2.45, 2.75) is 38.1 Å². The maximum absolute atomic E-state index is 5.09. The van der Waals surface area contributed by atoms with Gasteiger partial charge in [-0.3, -0.25) is 5.01 Å². The van der Waals surface area contributed by atoms with Crippen LogP contribution in [0.4, 0.5) is 5.69 Å². The van der Waals surface area contributed by atoms with Gasteiger partial charge in [-0.2, -0.15) is 5.10 Å². The van der Waals surface area contributed by atoms with Crippen LogP contribution in [0.3, 0.4) is 0 Å². The molecule has 3 aromatic carbocycles. The zero-order chi connectivity index (χ0) is 18.1. The highest BCUT2D eigenvalue weighted by Crippen LogP contribution is 2.37. The number of rotatable bonds is 3. The second-order valence-corrected chi connectivity index (χ2v) is 7.55. The Morgan fingerprint density at radius 1 is 0.741 bits per heavy atom. The van der Waals surface area contributed by atoms with Crippen LogP contribution in [0.1, 0.15) is 47.6 Å². The van der Waals surface area contributed by atoms with Gasteiger partial charge in [0.2, 0.25) is 0 Å². The van der Waals surface area contributed by atoms with Crippen molar-refractivity contribution >= 4 is 11.4 Å². The van der Waals surface area contributed by atoms with Crippen LogP contribution in [0.25, 0.3) is 0 Å². The Kier molecular flexibility index (Phi) is 4.25. The van der Waals surface area contributed by atoms with Crippen LogP contribution in [-0.2, 0) is 12.8 Å². The van der Waals surface area contributed by atoms with Crippen molar-refractivity contribution in [3.63, 3.8) is 0 Å². The Morgan fingerprint density at radius 3 is 2.22 bits per heavy atom. The maximum Gasteiger partial charge on any atom is 0.0831 e. The van der Waals surface area contributed by atoms with E-state index in [0.29, 0.717) is 0 Å². The molecule has 1 atom stereocenters. The Balaban J connectivity index is 1.53. The molecule has 5 rings (SSSR count). The molecule has 0 N–H and O–H groups in total. The molecule has 1 heterocycles. The van der Waals surface area contributed by atoms with Crippen molar-refractivity contribution in [2.75, 3.05) is 5.01 Å². The molecule has 0 aromatic heterocycles. The first-order valence-electron chi connectivity index (χ1n) is 9.97. The monoisotopic (exact) mass is 352 g/mol. The lowest BCUT2D eigenvalue weighted by molar-refractivity contribution is 0.685. The van der Waals surface area contributed by atoms with E-state index in [-0.39, 0.29) is 6.04 Å². The zero-order valence-corrected chi connectivity index (χ0v) is 15.5. The van der Waals surface area contributed by atoms with Crippen molar-refractivity contribution in [3.05, 3.63) is 101 Å². The number of hydrogen-bond acceptors (Lipinski definition) is 2. The summed E-state index contributed by atoms with van der Waals surface area (Å²) in [6.45, 7) is 0. The van der Waals surface area contributed by atoms with Crippen LogP contribution in [0.2, 0.25) is 0 Å². The summed E-state index contributed by atoms with van der Waals surface area (Å²) in [7, 11) is 0. The van der Waals surface area contributed by atoms with E-state index in [1.807, 2.05) is 0 Å². The third kappa shape index (κ3) is 3.16. The predicted molar refractivity (Wildman–Crippen MR) is 112 cm³/mol. The number of hydrazone groups is 1. The summed E-state index contributed by atoms with van der Waals surface area (Å²) in [6.07, 6.45) is 6.01. The average Bonchev–Trinajstić information content (AvgIpc) is 3.20. The fourth-order valence-electron chi connectivity index (χ4n) is 4.35. The van der Waals surface area contributed by atoms with Crippen LogP contribution in [0.5, 0.6) is 0 Å². The van der Waals surface area contributed by atoms with E-state index in [4.69, 9.17) is 5.10 Å². The molecule has 27 heavy (non-hydrogen) atoms. The van der Waals surface area contributed by atoms with E-state index >= 15 is 0 Å². The van der Waals surface area contributed by atoms with Crippen molar-refractivity contribution in [3.8, 4) is 0 Å². The minimum absolute atomic E-state index is 0.250. The molecule has 0 bridgehead atoms. The number of benzene rings is 3. The molecular weight excluding hydrogens is 328 g/mol. The number of fused-ring (bicyclic) bond motifs is 1. The Bertz CT molecular complexity index is 960. The number of anilines is 1. The highest BCUT2D eigenvalue weighted by molar-refractivity contribution is 6.03. The van der Waals surface area contributed by atoms with Gasteiger partial charge in [-0.1, -0.05) is 60.7 Å². The quantitative estimate of drug-likeness (QED) is 0.571. The molecule has 0 amide bonds. The molecule has 2 nitrogen and oxygen atoms in total. The van der Waals surface area contributed by atoms with E-state index in [9.17, 15) is 0 Å². The van der Waals surface area contributed by atoms with Crippen molar-refractivity contribution in [2.24, 2.45) is 5.10 Å². The lowest BCUT2D eigenvalue weighted by Gasteiger charge is -2.23. The second-order valence-electron chi connectivity index (χ2n) is 7.55. The average molecular weight is 352 g/mol. The molecule has 2 aliphatic rings. The highest BCUT2D eigenvalue weighted by Gasteiger charge is 2.30. The summed E-state index contributed by atoms with van der Waals surface area (Å²) in [5, 5.41) is 7.28. The fraction of sp³-hybridized carbons (Fsp3) is 0.240. The molecule has 1 aliphatic heterocycles. The number of aryl methyl sites for hydroxylation is 2. The van der Waals surface area contributed by atoms with Gasteiger partial charge in [-0.15, -0.1) is 0 Å². The van der Waals surface area contributed by atoms with Crippen LogP contribution in [0, 0.1) is 0 Å². The fourth-order valence-corrected chi connectivity index (χ4v) is 4.35. The van der Waals surface area contributed by atoms with Gasteiger partial charge in [0.05, 0.1) is 17.4 Å². The summed E-state index contributed by atoms with van der Waals surface area (Å²) in [5.41, 5.74) is 8.01. The predicted octanol–water partition coefficient (Wildman–Crippen LogP) is 5.92. The van der Waals surface area contributed by atoms with Crippen molar-refractivity contribution < 1.29 is 0 Å². The minimum atomic E-state index is 0.250. The molecule has 0 saturated heterocycles. The van der Waals surface area contributed by atoms with Gasteiger partial charge in [0.25, 0.3) is 0 Å². The molecule has 0 fully saturated rings. The topological polar surface area (TPSA) is 15.6 Å². The first kappa shape index (κ1) is 16.3. The maximum atomic E-state index is 5.09. The van der Waals surface area contributed by atoms with E-state index in [0.717, 1.165) is 12.1 Å². The first-order valence-corrected chi connectivity index (χ1v) is 9.97. The molecule has 0 radical (unpaired) electrons. The SMILES string of the molecule is c1ccc(C2CC(c3ccc4c(c3)CCCC4)=NN2c2ccccc2)cc1. The van der Waals surface area contributed by atoms with Gasteiger partial charge in [0.1, 0.15) is 0 Å². The van der Waals surface area contributed by atoms with Gasteiger partial charge in [-0.05, 0) is 66.1 Å². The third-order valence-electron chi connectivity index (χ3n) is 5.80. The molecule has 0 spiro atoms. The largest absolute Gasteiger partial charge is 0.257 e. The van der Waals surface area contributed by atoms with Crippen LogP contribution >= 0.6 is 0 Å². The first-order chi connectivity index (χ1) is 13.4. The normalized spacial score (nSPS) is 18.9. The smallest absolute Gasteiger partial charge is 0.0831 e. The molecular formula is C25H24N2. The lowest BCUT2D eigenvalue weighted by Crippen LogP contribution is -2.18. The van der Waals surface area contributed by atoms with Crippen LogP contribution < -0.4 is 5.01 Å². The molecule has 3 aromatic rings. The lowest BCUT2D eigenvalue weighted by atomic mass is 9.89. The zero-order valence-electron chi connectivity index (χ0n) is 15.5. The standard InChI is InChI=1S/C25H24N2/c1-3-10-20(11-4-1)25-18-24(26-27(25)23-13-5-2-6-14-23)22-16-15-19-9-7-8-12-21(19)17-22/h1-6,10-11,13-17,25H,7-9,12,18H2. The van der Waals surface area contributed by atoms with Gasteiger partial charge in [0, 0.05) is 6.42 Å². The Hall–Kier alpha value is -2.87. The van der Waals surface area contributed by atoms with Gasteiger partial charge < -0.3 is 0 Å². The van der Waals surface area contributed by atoms with Crippen LogP contribution in [0.15, 0.2) is 84.0 Å². The summed E-state index contributed by atoms with van der Waals surface area (Å²) in [4.78, 5) is 0.